The van der Waals surface area contributed by atoms with Crippen LogP contribution in [0, 0.1) is 6.92 Å². The summed E-state index contributed by atoms with van der Waals surface area (Å²) in [5.74, 6) is -0.760. The van der Waals surface area contributed by atoms with Crippen molar-refractivity contribution in [2.24, 2.45) is 0 Å². The molecular weight excluding hydrogens is 240 g/mol. The first kappa shape index (κ1) is 13.3. The average molecular weight is 258 g/mol. The van der Waals surface area contributed by atoms with Gasteiger partial charge < -0.3 is 10.4 Å². The zero-order chi connectivity index (χ0) is 13.8. The molecule has 0 aliphatic carbocycles. The van der Waals surface area contributed by atoms with E-state index in [-0.39, 0.29) is 12.5 Å². The molecule has 0 aliphatic rings. The summed E-state index contributed by atoms with van der Waals surface area (Å²) < 4.78 is 0. The summed E-state index contributed by atoms with van der Waals surface area (Å²) in [6.07, 6.45) is 2.56. The minimum absolute atomic E-state index is 0.113. The number of nitrogens with one attached hydrogen (secondary N) is 1. The molecule has 2 rings (SSSR count). The number of aryl methyl sites for hydroxylation is 1. The molecule has 100 valence electrons. The Morgan fingerprint density at radius 1 is 1.42 bits per heavy atom. The SMILES string of the molecule is Cc1ccc(NC(C)CCC(=O)O)c2cccnc12. The topological polar surface area (TPSA) is 62.2 Å². The molecule has 1 aromatic carbocycles. The van der Waals surface area contributed by atoms with Gasteiger partial charge in [0.2, 0.25) is 0 Å². The van der Waals surface area contributed by atoms with E-state index in [1.165, 1.54) is 0 Å². The van der Waals surface area contributed by atoms with Crippen LogP contribution in [0.1, 0.15) is 25.3 Å². The van der Waals surface area contributed by atoms with Crippen molar-refractivity contribution in [1.29, 1.82) is 0 Å². The number of aliphatic carboxylic acids is 1. The molecule has 2 aromatic rings. The molecule has 0 spiro atoms. The van der Waals surface area contributed by atoms with Crippen LogP contribution in [0.2, 0.25) is 0 Å². The maximum atomic E-state index is 10.6. The molecule has 0 amide bonds. The van der Waals surface area contributed by atoms with E-state index in [0.29, 0.717) is 6.42 Å². The molecule has 0 saturated carbocycles. The molecule has 2 N–H and O–H groups in total. The third-order valence-corrected chi connectivity index (χ3v) is 3.16. The van der Waals surface area contributed by atoms with E-state index in [1.807, 2.05) is 38.1 Å². The molecule has 4 nitrogen and oxygen atoms in total. The van der Waals surface area contributed by atoms with E-state index in [0.717, 1.165) is 22.2 Å². The Kier molecular flexibility index (Phi) is 4.00. The quantitative estimate of drug-likeness (QED) is 0.864. The van der Waals surface area contributed by atoms with Gasteiger partial charge in [0.15, 0.2) is 0 Å². The molecular formula is C15H18N2O2. The molecule has 0 saturated heterocycles. The van der Waals surface area contributed by atoms with E-state index < -0.39 is 5.97 Å². The third-order valence-electron chi connectivity index (χ3n) is 3.16. The first-order valence-corrected chi connectivity index (χ1v) is 6.40. The standard InChI is InChI=1S/C15H18N2O2/c1-10-5-7-13(12-4-3-9-16-15(10)12)17-11(2)6-8-14(18)19/h3-5,7,9,11,17H,6,8H2,1-2H3,(H,18,19). The van der Waals surface area contributed by atoms with E-state index in [2.05, 4.69) is 10.3 Å². The monoisotopic (exact) mass is 258 g/mol. The smallest absolute Gasteiger partial charge is 0.303 e. The number of benzene rings is 1. The van der Waals surface area contributed by atoms with Crippen molar-refractivity contribution in [1.82, 2.24) is 4.98 Å². The summed E-state index contributed by atoms with van der Waals surface area (Å²) >= 11 is 0. The Labute approximate surface area is 112 Å². The molecule has 1 unspecified atom stereocenters. The molecule has 0 bridgehead atoms. The second kappa shape index (κ2) is 5.69. The van der Waals surface area contributed by atoms with Crippen LogP contribution in [-0.2, 0) is 4.79 Å². The lowest BCUT2D eigenvalue weighted by molar-refractivity contribution is -0.137. The van der Waals surface area contributed by atoms with E-state index >= 15 is 0 Å². The number of hydrogen-bond acceptors (Lipinski definition) is 3. The fourth-order valence-corrected chi connectivity index (χ4v) is 2.12. The molecule has 0 aliphatic heterocycles. The van der Waals surface area contributed by atoms with Gasteiger partial charge in [0, 0.05) is 29.7 Å². The summed E-state index contributed by atoms with van der Waals surface area (Å²) in [5.41, 5.74) is 3.13. The highest BCUT2D eigenvalue weighted by Crippen LogP contribution is 2.25. The second-order valence-corrected chi connectivity index (χ2v) is 4.81. The zero-order valence-electron chi connectivity index (χ0n) is 11.2. The number of carboxylic acids is 1. The number of hydrogen-bond donors (Lipinski definition) is 2. The summed E-state index contributed by atoms with van der Waals surface area (Å²) in [6.45, 7) is 4.03. The Morgan fingerprint density at radius 3 is 2.95 bits per heavy atom. The van der Waals surface area contributed by atoms with Crippen LogP contribution in [-0.4, -0.2) is 22.1 Å². The van der Waals surface area contributed by atoms with Gasteiger partial charge in [0.1, 0.15) is 0 Å². The highest BCUT2D eigenvalue weighted by molar-refractivity contribution is 5.93. The largest absolute Gasteiger partial charge is 0.481 e. The number of carboxylic acid groups (broad SMARTS) is 1. The summed E-state index contributed by atoms with van der Waals surface area (Å²) in [6, 6.07) is 8.11. The lowest BCUT2D eigenvalue weighted by atomic mass is 10.1. The predicted octanol–water partition coefficient (Wildman–Crippen LogP) is 3.21. The van der Waals surface area contributed by atoms with Gasteiger partial charge in [0.05, 0.1) is 5.52 Å². The van der Waals surface area contributed by atoms with Crippen LogP contribution in [0.4, 0.5) is 5.69 Å². The first-order chi connectivity index (χ1) is 9.08. The Balaban J connectivity index is 2.21. The van der Waals surface area contributed by atoms with Crippen molar-refractivity contribution in [3.63, 3.8) is 0 Å². The van der Waals surface area contributed by atoms with Gasteiger partial charge >= 0.3 is 5.97 Å². The van der Waals surface area contributed by atoms with Crippen molar-refractivity contribution in [3.8, 4) is 0 Å². The second-order valence-electron chi connectivity index (χ2n) is 4.81. The van der Waals surface area contributed by atoms with Gasteiger partial charge in [-0.05, 0) is 44.0 Å². The van der Waals surface area contributed by atoms with Crippen molar-refractivity contribution in [3.05, 3.63) is 36.0 Å². The number of nitrogens with zero attached hydrogens (tertiary/aromatic N) is 1. The van der Waals surface area contributed by atoms with Crippen molar-refractivity contribution in [2.75, 3.05) is 5.32 Å². The van der Waals surface area contributed by atoms with E-state index in [4.69, 9.17) is 5.11 Å². The maximum absolute atomic E-state index is 10.6. The van der Waals surface area contributed by atoms with Crippen molar-refractivity contribution in [2.45, 2.75) is 32.7 Å². The highest BCUT2D eigenvalue weighted by Gasteiger charge is 2.08. The van der Waals surface area contributed by atoms with Crippen LogP contribution in [0.5, 0.6) is 0 Å². The number of rotatable bonds is 5. The summed E-state index contributed by atoms with van der Waals surface area (Å²) in [4.78, 5) is 15.0. The number of carbonyl (C=O) groups is 1. The zero-order valence-corrected chi connectivity index (χ0v) is 11.2. The highest BCUT2D eigenvalue weighted by atomic mass is 16.4. The molecule has 0 fully saturated rings. The minimum atomic E-state index is -0.760. The predicted molar refractivity (Wildman–Crippen MR) is 76.4 cm³/mol. The number of aromatic nitrogens is 1. The normalized spacial score (nSPS) is 12.3. The van der Waals surface area contributed by atoms with Crippen LogP contribution in [0.25, 0.3) is 10.9 Å². The molecule has 1 heterocycles. The number of pyridine rings is 1. The lowest BCUT2D eigenvalue weighted by Crippen LogP contribution is -2.16. The van der Waals surface area contributed by atoms with Gasteiger partial charge in [-0.3, -0.25) is 9.78 Å². The van der Waals surface area contributed by atoms with Crippen molar-refractivity contribution >= 4 is 22.6 Å². The van der Waals surface area contributed by atoms with Crippen LogP contribution < -0.4 is 5.32 Å². The molecule has 1 aromatic heterocycles. The molecule has 0 radical (unpaired) electrons. The maximum Gasteiger partial charge on any atom is 0.303 e. The minimum Gasteiger partial charge on any atom is -0.481 e. The summed E-state index contributed by atoms with van der Waals surface area (Å²) in [7, 11) is 0. The van der Waals surface area contributed by atoms with Crippen LogP contribution in [0.3, 0.4) is 0 Å². The van der Waals surface area contributed by atoms with Gasteiger partial charge in [-0.25, -0.2) is 0 Å². The Morgan fingerprint density at radius 2 is 2.21 bits per heavy atom. The van der Waals surface area contributed by atoms with Crippen LogP contribution in [0.15, 0.2) is 30.5 Å². The summed E-state index contributed by atoms with van der Waals surface area (Å²) in [5, 5.41) is 13.1. The molecule has 1 atom stereocenters. The van der Waals surface area contributed by atoms with Gasteiger partial charge in [-0.1, -0.05) is 6.07 Å². The Hall–Kier alpha value is -2.10. The van der Waals surface area contributed by atoms with Gasteiger partial charge in [0.25, 0.3) is 0 Å². The number of fused-ring (bicyclic) bond motifs is 1. The van der Waals surface area contributed by atoms with Gasteiger partial charge in [-0.15, -0.1) is 0 Å². The fraction of sp³-hybridized carbons (Fsp3) is 0.333. The molecule has 4 heteroatoms. The molecule has 19 heavy (non-hydrogen) atoms. The van der Waals surface area contributed by atoms with E-state index in [9.17, 15) is 4.79 Å². The number of anilines is 1. The fourth-order valence-electron chi connectivity index (χ4n) is 2.12. The average Bonchev–Trinajstić information content (AvgIpc) is 2.40. The van der Waals surface area contributed by atoms with Crippen molar-refractivity contribution < 1.29 is 9.90 Å². The third kappa shape index (κ3) is 3.22. The Bertz CT molecular complexity index is 596. The lowest BCUT2D eigenvalue weighted by Gasteiger charge is -2.16. The van der Waals surface area contributed by atoms with Gasteiger partial charge in [-0.2, -0.15) is 0 Å². The van der Waals surface area contributed by atoms with E-state index in [1.54, 1.807) is 6.20 Å². The van der Waals surface area contributed by atoms with Crippen LogP contribution >= 0.6 is 0 Å². The first-order valence-electron chi connectivity index (χ1n) is 6.40.